The third kappa shape index (κ3) is 5.79. The van der Waals surface area contributed by atoms with Crippen molar-refractivity contribution in [3.8, 4) is 5.75 Å². The second-order valence-corrected chi connectivity index (χ2v) is 7.18. The Bertz CT molecular complexity index is 954. The van der Waals surface area contributed by atoms with E-state index in [1.54, 1.807) is 22.9 Å². The maximum absolute atomic E-state index is 12.1. The zero-order valence-corrected chi connectivity index (χ0v) is 15.6. The van der Waals surface area contributed by atoms with E-state index in [2.05, 4.69) is 20.4 Å². The Morgan fingerprint density at radius 1 is 1.07 bits per heavy atom. The zero-order valence-electron chi connectivity index (χ0n) is 13.9. The van der Waals surface area contributed by atoms with Crippen LogP contribution in [0.4, 0.5) is 24.0 Å². The molecule has 3 rings (SSSR count). The number of rotatable bonds is 6. The number of nitrogens with one attached hydrogen (secondary N) is 2. The molecule has 0 aliphatic heterocycles. The Labute approximate surface area is 165 Å². The van der Waals surface area contributed by atoms with Crippen molar-refractivity contribution in [2.75, 3.05) is 10.6 Å². The number of aromatic nitrogens is 1. The number of thiazole rings is 1. The standard InChI is InChI=1S/C17H12F3N3O3S2/c18-17(19,20)26-12-5-3-10(4-6-12)21-14(24)8-11-9-28-16(22-11)23-15(25)13-2-1-7-27-13/h1-7,9H,8H2,(H,21,24)(H,22,23,25). The van der Waals surface area contributed by atoms with Gasteiger partial charge >= 0.3 is 6.36 Å². The van der Waals surface area contributed by atoms with E-state index in [0.29, 0.717) is 21.4 Å². The quantitative estimate of drug-likeness (QED) is 0.606. The average Bonchev–Trinajstić information content (AvgIpc) is 3.27. The summed E-state index contributed by atoms with van der Waals surface area (Å²) < 4.78 is 40.2. The van der Waals surface area contributed by atoms with Crippen LogP contribution in [0.25, 0.3) is 0 Å². The summed E-state index contributed by atoms with van der Waals surface area (Å²) in [6.07, 6.45) is -4.82. The minimum atomic E-state index is -4.77. The average molecular weight is 427 g/mol. The molecular weight excluding hydrogens is 415 g/mol. The second kappa shape index (κ2) is 8.40. The summed E-state index contributed by atoms with van der Waals surface area (Å²) in [5, 5.41) is 9.01. The number of ether oxygens (including phenoxy) is 1. The molecular formula is C17H12F3N3O3S2. The summed E-state index contributed by atoms with van der Waals surface area (Å²) in [6, 6.07) is 8.25. The Morgan fingerprint density at radius 2 is 1.82 bits per heavy atom. The fourth-order valence-corrected chi connectivity index (χ4v) is 3.45. The summed E-state index contributed by atoms with van der Waals surface area (Å²) in [6.45, 7) is 0. The lowest BCUT2D eigenvalue weighted by Crippen LogP contribution is -2.17. The van der Waals surface area contributed by atoms with Crippen molar-refractivity contribution in [1.82, 2.24) is 4.98 Å². The van der Waals surface area contributed by atoms with Gasteiger partial charge in [-0.3, -0.25) is 14.9 Å². The van der Waals surface area contributed by atoms with Crippen molar-refractivity contribution in [3.63, 3.8) is 0 Å². The predicted octanol–water partition coefficient (Wildman–Crippen LogP) is 4.54. The smallest absolute Gasteiger partial charge is 0.406 e. The van der Waals surface area contributed by atoms with Crippen LogP contribution in [-0.4, -0.2) is 23.2 Å². The Hall–Kier alpha value is -2.92. The number of nitrogens with zero attached hydrogens (tertiary/aromatic N) is 1. The molecule has 0 fully saturated rings. The van der Waals surface area contributed by atoms with E-state index in [1.165, 1.54) is 34.8 Å². The third-order valence-electron chi connectivity index (χ3n) is 3.23. The van der Waals surface area contributed by atoms with Gasteiger partial charge in [0, 0.05) is 11.1 Å². The van der Waals surface area contributed by atoms with Crippen molar-refractivity contribution in [3.05, 3.63) is 57.7 Å². The molecule has 2 heterocycles. The highest BCUT2D eigenvalue weighted by Gasteiger charge is 2.30. The summed E-state index contributed by atoms with van der Waals surface area (Å²) in [4.78, 5) is 28.8. The molecule has 6 nitrogen and oxygen atoms in total. The van der Waals surface area contributed by atoms with Crippen LogP contribution < -0.4 is 15.4 Å². The minimum Gasteiger partial charge on any atom is -0.406 e. The molecule has 146 valence electrons. The van der Waals surface area contributed by atoms with Crippen molar-refractivity contribution >= 4 is 45.3 Å². The molecule has 0 aliphatic carbocycles. The van der Waals surface area contributed by atoms with Crippen LogP contribution in [0.15, 0.2) is 47.2 Å². The maximum atomic E-state index is 12.1. The number of thiophene rings is 1. The van der Waals surface area contributed by atoms with Gasteiger partial charge in [-0.2, -0.15) is 0 Å². The zero-order chi connectivity index (χ0) is 20.1. The highest BCUT2D eigenvalue weighted by Crippen LogP contribution is 2.24. The lowest BCUT2D eigenvalue weighted by Gasteiger charge is -2.09. The van der Waals surface area contributed by atoms with Gasteiger partial charge < -0.3 is 10.1 Å². The summed E-state index contributed by atoms with van der Waals surface area (Å²) >= 11 is 2.49. The number of carbonyl (C=O) groups excluding carboxylic acids is 2. The first-order chi connectivity index (χ1) is 13.3. The van der Waals surface area contributed by atoms with E-state index in [4.69, 9.17) is 0 Å². The van der Waals surface area contributed by atoms with Crippen molar-refractivity contribution in [2.24, 2.45) is 0 Å². The van der Waals surface area contributed by atoms with Crippen molar-refractivity contribution < 1.29 is 27.5 Å². The van der Waals surface area contributed by atoms with E-state index in [0.717, 1.165) is 12.1 Å². The molecule has 2 N–H and O–H groups in total. The van der Waals surface area contributed by atoms with Gasteiger partial charge in [0.15, 0.2) is 5.13 Å². The van der Waals surface area contributed by atoms with E-state index in [9.17, 15) is 22.8 Å². The van der Waals surface area contributed by atoms with Gasteiger partial charge in [-0.15, -0.1) is 35.8 Å². The fourth-order valence-electron chi connectivity index (χ4n) is 2.12. The highest BCUT2D eigenvalue weighted by molar-refractivity contribution is 7.14. The number of hydrogen-bond donors (Lipinski definition) is 2. The van der Waals surface area contributed by atoms with Gasteiger partial charge in [0.05, 0.1) is 17.0 Å². The second-order valence-electron chi connectivity index (χ2n) is 5.37. The third-order valence-corrected chi connectivity index (χ3v) is 4.91. The van der Waals surface area contributed by atoms with E-state index in [1.807, 2.05) is 0 Å². The van der Waals surface area contributed by atoms with Crippen LogP contribution in [0.5, 0.6) is 5.75 Å². The molecule has 28 heavy (non-hydrogen) atoms. The highest BCUT2D eigenvalue weighted by atomic mass is 32.1. The van der Waals surface area contributed by atoms with Gasteiger partial charge in [0.2, 0.25) is 5.91 Å². The van der Waals surface area contributed by atoms with Gasteiger partial charge in [0.25, 0.3) is 5.91 Å². The molecule has 11 heteroatoms. The number of alkyl halides is 3. The number of benzene rings is 1. The number of amides is 2. The molecule has 0 radical (unpaired) electrons. The van der Waals surface area contributed by atoms with E-state index >= 15 is 0 Å². The lowest BCUT2D eigenvalue weighted by molar-refractivity contribution is -0.274. The van der Waals surface area contributed by atoms with Gasteiger partial charge in [-0.25, -0.2) is 4.98 Å². The Balaban J connectivity index is 1.52. The topological polar surface area (TPSA) is 80.3 Å². The SMILES string of the molecule is O=C(Cc1csc(NC(=O)c2cccs2)n1)Nc1ccc(OC(F)(F)F)cc1. The largest absolute Gasteiger partial charge is 0.573 e. The normalized spacial score (nSPS) is 11.1. The predicted molar refractivity (Wildman–Crippen MR) is 99.8 cm³/mol. The molecule has 3 aromatic rings. The first-order valence-corrected chi connectivity index (χ1v) is 9.49. The van der Waals surface area contributed by atoms with Gasteiger partial charge in [0.1, 0.15) is 5.75 Å². The first-order valence-electron chi connectivity index (χ1n) is 7.73. The molecule has 0 saturated carbocycles. The molecule has 0 bridgehead atoms. The summed E-state index contributed by atoms with van der Waals surface area (Å²) in [7, 11) is 0. The number of anilines is 2. The number of carbonyl (C=O) groups is 2. The van der Waals surface area contributed by atoms with Crippen LogP contribution in [0.2, 0.25) is 0 Å². The molecule has 0 unspecified atom stereocenters. The van der Waals surface area contributed by atoms with Gasteiger partial charge in [-0.05, 0) is 35.7 Å². The van der Waals surface area contributed by atoms with Crippen molar-refractivity contribution in [1.29, 1.82) is 0 Å². The fraction of sp³-hybridized carbons (Fsp3) is 0.118. The molecule has 1 aromatic carbocycles. The van der Waals surface area contributed by atoms with Crippen LogP contribution in [0.1, 0.15) is 15.4 Å². The van der Waals surface area contributed by atoms with E-state index in [-0.39, 0.29) is 18.1 Å². The molecule has 2 amide bonds. The summed E-state index contributed by atoms with van der Waals surface area (Å²) in [5.74, 6) is -1.05. The maximum Gasteiger partial charge on any atom is 0.573 e. The molecule has 0 spiro atoms. The monoisotopic (exact) mass is 427 g/mol. The van der Waals surface area contributed by atoms with Crippen LogP contribution in [0, 0.1) is 0 Å². The Kier molecular flexibility index (Phi) is 5.95. The van der Waals surface area contributed by atoms with Crippen molar-refractivity contribution in [2.45, 2.75) is 12.8 Å². The van der Waals surface area contributed by atoms with Crippen LogP contribution in [0.3, 0.4) is 0 Å². The molecule has 2 aromatic heterocycles. The molecule has 0 atom stereocenters. The Morgan fingerprint density at radius 3 is 2.46 bits per heavy atom. The minimum absolute atomic E-state index is 0.0494. The van der Waals surface area contributed by atoms with Crippen LogP contribution >= 0.6 is 22.7 Å². The van der Waals surface area contributed by atoms with E-state index < -0.39 is 12.3 Å². The number of hydrogen-bond acceptors (Lipinski definition) is 6. The molecule has 0 saturated heterocycles. The molecule has 0 aliphatic rings. The summed E-state index contributed by atoms with van der Waals surface area (Å²) in [5.41, 5.74) is 0.780. The lowest BCUT2D eigenvalue weighted by atomic mass is 10.2. The first kappa shape index (κ1) is 19.8. The van der Waals surface area contributed by atoms with Crippen LogP contribution in [-0.2, 0) is 11.2 Å². The van der Waals surface area contributed by atoms with Gasteiger partial charge in [-0.1, -0.05) is 6.07 Å². The number of halogens is 3.